The van der Waals surface area contributed by atoms with Gasteiger partial charge < -0.3 is 15.2 Å². The van der Waals surface area contributed by atoms with Crippen LogP contribution in [0.4, 0.5) is 5.13 Å². The van der Waals surface area contributed by atoms with E-state index in [1.54, 1.807) is 0 Å². The molecule has 0 aromatic carbocycles. The predicted octanol–water partition coefficient (Wildman–Crippen LogP) is 1.82. The Bertz CT molecular complexity index is 407. The van der Waals surface area contributed by atoms with Crippen molar-refractivity contribution in [2.75, 3.05) is 11.9 Å². The average molecular weight is 242 g/mol. The van der Waals surface area contributed by atoms with E-state index in [9.17, 15) is 4.79 Å². The summed E-state index contributed by atoms with van der Waals surface area (Å²) in [5.74, 6) is -0.938. The van der Waals surface area contributed by atoms with Crippen molar-refractivity contribution in [3.8, 4) is 0 Å². The van der Waals surface area contributed by atoms with Gasteiger partial charge in [0.1, 0.15) is 4.88 Å². The summed E-state index contributed by atoms with van der Waals surface area (Å²) in [4.78, 5) is 15.0. The minimum atomic E-state index is -0.938. The predicted molar refractivity (Wildman–Crippen MR) is 61.1 cm³/mol. The number of rotatable bonds is 3. The molecule has 0 radical (unpaired) electrons. The molecular weight excluding hydrogens is 228 g/mol. The molecule has 2 unspecified atom stereocenters. The summed E-state index contributed by atoms with van der Waals surface area (Å²) >= 11 is 1.15. The summed E-state index contributed by atoms with van der Waals surface area (Å²) in [7, 11) is 0. The molecule has 2 atom stereocenters. The molecule has 0 amide bonds. The fourth-order valence-electron chi connectivity index (χ4n) is 1.67. The Morgan fingerprint density at radius 3 is 3.06 bits per heavy atom. The maximum Gasteiger partial charge on any atom is 0.347 e. The lowest BCUT2D eigenvalue weighted by Crippen LogP contribution is -2.41. The van der Waals surface area contributed by atoms with E-state index in [0.29, 0.717) is 5.13 Å². The number of hydrogen-bond acceptors (Lipinski definition) is 5. The molecule has 16 heavy (non-hydrogen) atoms. The van der Waals surface area contributed by atoms with Crippen molar-refractivity contribution >= 4 is 22.4 Å². The van der Waals surface area contributed by atoms with Gasteiger partial charge in [-0.3, -0.25) is 0 Å². The normalized spacial score (nSPS) is 29.2. The molecule has 1 fully saturated rings. The lowest BCUT2D eigenvalue weighted by Gasteiger charge is -2.28. The van der Waals surface area contributed by atoms with Gasteiger partial charge in [-0.2, -0.15) is 0 Å². The number of aromatic carboxylic acids is 1. The van der Waals surface area contributed by atoms with Crippen LogP contribution in [0.5, 0.6) is 0 Å². The molecule has 2 rings (SSSR count). The fraction of sp³-hybridized carbons (Fsp3) is 0.600. The lowest BCUT2D eigenvalue weighted by atomic mass is 9.95. The zero-order chi connectivity index (χ0) is 11.8. The number of carboxylic acid groups (broad SMARTS) is 1. The molecule has 0 bridgehead atoms. The Morgan fingerprint density at radius 1 is 1.81 bits per heavy atom. The van der Waals surface area contributed by atoms with Crippen LogP contribution in [0.2, 0.25) is 0 Å². The summed E-state index contributed by atoms with van der Waals surface area (Å²) in [5, 5.41) is 12.7. The molecule has 6 heteroatoms. The number of carboxylic acids is 1. The van der Waals surface area contributed by atoms with Gasteiger partial charge in [-0.1, -0.05) is 11.3 Å². The number of hydrogen-bond donors (Lipinski definition) is 2. The largest absolute Gasteiger partial charge is 0.477 e. The number of thiazole rings is 1. The van der Waals surface area contributed by atoms with Crippen LogP contribution in [-0.4, -0.2) is 34.3 Å². The first-order valence-corrected chi connectivity index (χ1v) is 5.92. The van der Waals surface area contributed by atoms with Gasteiger partial charge in [-0.05, 0) is 20.3 Å². The van der Waals surface area contributed by atoms with Gasteiger partial charge in [0.05, 0.1) is 17.8 Å². The first kappa shape index (κ1) is 11.3. The van der Waals surface area contributed by atoms with Gasteiger partial charge in [0, 0.05) is 6.61 Å². The van der Waals surface area contributed by atoms with Gasteiger partial charge >= 0.3 is 5.97 Å². The summed E-state index contributed by atoms with van der Waals surface area (Å²) < 4.78 is 5.49. The quantitative estimate of drug-likeness (QED) is 0.846. The number of anilines is 1. The van der Waals surface area contributed by atoms with E-state index in [4.69, 9.17) is 9.84 Å². The Labute approximate surface area is 97.5 Å². The van der Waals surface area contributed by atoms with Crippen LogP contribution in [0, 0.1) is 0 Å². The van der Waals surface area contributed by atoms with Crippen LogP contribution < -0.4 is 5.32 Å². The molecule has 1 aromatic heterocycles. The fourth-order valence-corrected chi connectivity index (χ4v) is 2.46. The smallest absolute Gasteiger partial charge is 0.347 e. The summed E-state index contributed by atoms with van der Waals surface area (Å²) in [6, 6.07) is 0. The van der Waals surface area contributed by atoms with Crippen LogP contribution in [0.1, 0.15) is 29.9 Å². The molecule has 1 saturated heterocycles. The molecule has 1 aromatic rings. The Hall–Kier alpha value is -1.14. The standard InChI is InChI=1S/C10H14N2O3S/c1-6-10(2,3-4-15-6)12-9-11-5-7(16-9)8(13)14/h5-6H,3-4H2,1-2H3,(H,11,12)(H,13,14). The van der Waals surface area contributed by atoms with Crippen molar-refractivity contribution in [2.45, 2.75) is 31.9 Å². The number of aromatic nitrogens is 1. The van der Waals surface area contributed by atoms with Crippen molar-refractivity contribution in [3.63, 3.8) is 0 Å². The highest BCUT2D eigenvalue weighted by atomic mass is 32.1. The monoisotopic (exact) mass is 242 g/mol. The van der Waals surface area contributed by atoms with Crippen LogP contribution in [0.25, 0.3) is 0 Å². The van der Waals surface area contributed by atoms with Crippen LogP contribution in [-0.2, 0) is 4.74 Å². The summed E-state index contributed by atoms with van der Waals surface area (Å²) in [5.41, 5.74) is -0.159. The molecular formula is C10H14N2O3S. The maximum absolute atomic E-state index is 10.7. The van der Waals surface area contributed by atoms with Gasteiger partial charge in [-0.25, -0.2) is 9.78 Å². The zero-order valence-corrected chi connectivity index (χ0v) is 10.0. The van der Waals surface area contributed by atoms with Crippen molar-refractivity contribution in [2.24, 2.45) is 0 Å². The third kappa shape index (κ3) is 2.03. The topological polar surface area (TPSA) is 71.5 Å². The molecule has 0 saturated carbocycles. The van der Waals surface area contributed by atoms with Gasteiger partial charge in [0.15, 0.2) is 5.13 Å². The van der Waals surface area contributed by atoms with Gasteiger partial charge in [0.25, 0.3) is 0 Å². The van der Waals surface area contributed by atoms with E-state index >= 15 is 0 Å². The average Bonchev–Trinajstić information content (AvgIpc) is 2.76. The molecule has 0 spiro atoms. The minimum Gasteiger partial charge on any atom is -0.477 e. The SMILES string of the molecule is CC1OCCC1(C)Nc1ncc(C(=O)O)s1. The third-order valence-corrected chi connectivity index (χ3v) is 3.90. The Balaban J connectivity index is 2.11. The highest BCUT2D eigenvalue weighted by molar-refractivity contribution is 7.17. The maximum atomic E-state index is 10.7. The highest BCUT2D eigenvalue weighted by Gasteiger charge is 2.37. The molecule has 1 aliphatic heterocycles. The lowest BCUT2D eigenvalue weighted by molar-refractivity contribution is 0.0702. The Morgan fingerprint density at radius 2 is 2.56 bits per heavy atom. The molecule has 5 nitrogen and oxygen atoms in total. The van der Waals surface area contributed by atoms with Crippen LogP contribution >= 0.6 is 11.3 Å². The van der Waals surface area contributed by atoms with E-state index < -0.39 is 5.97 Å². The first-order valence-electron chi connectivity index (χ1n) is 5.10. The second-order valence-electron chi connectivity index (χ2n) is 4.14. The molecule has 0 aliphatic carbocycles. The third-order valence-electron chi connectivity index (χ3n) is 3.00. The van der Waals surface area contributed by atoms with Gasteiger partial charge in [-0.15, -0.1) is 0 Å². The molecule has 2 N–H and O–H groups in total. The molecule has 88 valence electrons. The van der Waals surface area contributed by atoms with E-state index in [1.807, 2.05) is 6.92 Å². The van der Waals surface area contributed by atoms with Crippen LogP contribution in [0.15, 0.2) is 6.20 Å². The van der Waals surface area contributed by atoms with E-state index in [1.165, 1.54) is 6.20 Å². The zero-order valence-electron chi connectivity index (χ0n) is 9.19. The van der Waals surface area contributed by atoms with E-state index in [-0.39, 0.29) is 16.5 Å². The number of nitrogens with one attached hydrogen (secondary N) is 1. The highest BCUT2D eigenvalue weighted by Crippen LogP contribution is 2.31. The number of nitrogens with zero attached hydrogens (tertiary/aromatic N) is 1. The van der Waals surface area contributed by atoms with Crippen molar-refractivity contribution < 1.29 is 14.6 Å². The second kappa shape index (κ2) is 4.03. The van der Waals surface area contributed by atoms with Crippen LogP contribution in [0.3, 0.4) is 0 Å². The summed E-state index contributed by atoms with van der Waals surface area (Å²) in [6.45, 7) is 4.79. The summed E-state index contributed by atoms with van der Waals surface area (Å²) in [6.07, 6.45) is 2.37. The number of ether oxygens (including phenoxy) is 1. The van der Waals surface area contributed by atoms with Gasteiger partial charge in [0.2, 0.25) is 0 Å². The van der Waals surface area contributed by atoms with E-state index in [0.717, 1.165) is 24.4 Å². The minimum absolute atomic E-state index is 0.102. The van der Waals surface area contributed by atoms with Crippen molar-refractivity contribution in [1.82, 2.24) is 4.98 Å². The van der Waals surface area contributed by atoms with Crippen molar-refractivity contribution in [3.05, 3.63) is 11.1 Å². The first-order chi connectivity index (χ1) is 7.51. The van der Waals surface area contributed by atoms with E-state index in [2.05, 4.69) is 17.2 Å². The molecule has 1 aliphatic rings. The Kier molecular flexibility index (Phi) is 2.86. The van der Waals surface area contributed by atoms with Crippen molar-refractivity contribution in [1.29, 1.82) is 0 Å². The molecule has 2 heterocycles. The second-order valence-corrected chi connectivity index (χ2v) is 5.17. The number of carbonyl (C=O) groups is 1.